The number of hydrogen-bond donors (Lipinski definition) is 5. The van der Waals surface area contributed by atoms with Crippen molar-refractivity contribution in [3.05, 3.63) is 54.4 Å². The maximum Gasteiger partial charge on any atom is 0.416 e. The van der Waals surface area contributed by atoms with Gasteiger partial charge in [0.05, 0.1) is 17.4 Å². The largest absolute Gasteiger partial charge is 0.416 e. The minimum absolute atomic E-state index is 0.178. The number of alkyl halides is 3. The van der Waals surface area contributed by atoms with Crippen molar-refractivity contribution in [3.63, 3.8) is 0 Å². The predicted molar refractivity (Wildman–Crippen MR) is 81.5 cm³/mol. The van der Waals surface area contributed by atoms with E-state index in [2.05, 4.69) is 20.9 Å². The number of nitrogens with zero attached hydrogens (tertiary/aromatic N) is 1. The van der Waals surface area contributed by atoms with Crippen molar-refractivity contribution >= 4 is 23.3 Å². The minimum Gasteiger partial charge on any atom is -0.326 e. The van der Waals surface area contributed by atoms with Gasteiger partial charge in [0.2, 0.25) is 0 Å². The van der Waals surface area contributed by atoms with E-state index >= 15 is 0 Å². The molecule has 120 valence electrons. The summed E-state index contributed by atoms with van der Waals surface area (Å²) >= 11 is 0. The standard InChI is InChI=1S/C14H13F3N6/c15-14(16,17)9-3-5-10(6-4-9)21-12(18)23-13(19)22-11-2-1-7-20-8-11/h1-8H,(H5,18,19,21,22,23). The van der Waals surface area contributed by atoms with Crippen LogP contribution >= 0.6 is 0 Å². The van der Waals surface area contributed by atoms with Crippen LogP contribution in [0.5, 0.6) is 0 Å². The molecule has 9 heteroatoms. The molecule has 0 spiro atoms. The number of pyridine rings is 1. The van der Waals surface area contributed by atoms with Gasteiger partial charge >= 0.3 is 6.18 Å². The second-order valence-corrected chi connectivity index (χ2v) is 4.44. The van der Waals surface area contributed by atoms with E-state index in [0.717, 1.165) is 12.1 Å². The van der Waals surface area contributed by atoms with Crippen LogP contribution in [-0.2, 0) is 6.18 Å². The van der Waals surface area contributed by atoms with Crippen molar-refractivity contribution in [2.24, 2.45) is 0 Å². The molecule has 0 unspecified atom stereocenters. The first kappa shape index (κ1) is 16.3. The summed E-state index contributed by atoms with van der Waals surface area (Å²) in [5.74, 6) is -0.437. The molecular weight excluding hydrogens is 309 g/mol. The van der Waals surface area contributed by atoms with Crippen LogP contribution in [-0.4, -0.2) is 16.9 Å². The Morgan fingerprint density at radius 3 is 2.04 bits per heavy atom. The van der Waals surface area contributed by atoms with Crippen LogP contribution in [0.15, 0.2) is 48.8 Å². The van der Waals surface area contributed by atoms with Gasteiger partial charge in [-0.3, -0.25) is 21.1 Å². The highest BCUT2D eigenvalue weighted by Crippen LogP contribution is 2.29. The fourth-order valence-electron chi connectivity index (χ4n) is 1.66. The molecule has 0 saturated heterocycles. The predicted octanol–water partition coefficient (Wildman–Crippen LogP) is 3.08. The van der Waals surface area contributed by atoms with Gasteiger partial charge in [-0.25, -0.2) is 0 Å². The molecule has 0 radical (unpaired) electrons. The molecule has 0 atom stereocenters. The number of aromatic nitrogens is 1. The fourth-order valence-corrected chi connectivity index (χ4v) is 1.66. The van der Waals surface area contributed by atoms with Crippen molar-refractivity contribution in [1.82, 2.24) is 10.3 Å². The van der Waals surface area contributed by atoms with Crippen molar-refractivity contribution in [3.8, 4) is 0 Å². The molecule has 0 amide bonds. The molecule has 2 aromatic rings. The van der Waals surface area contributed by atoms with Crippen LogP contribution in [0.1, 0.15) is 5.56 Å². The number of anilines is 2. The minimum atomic E-state index is -4.40. The topological polar surface area (TPSA) is 96.7 Å². The van der Waals surface area contributed by atoms with Gasteiger partial charge in [0.15, 0.2) is 11.9 Å². The fraction of sp³-hybridized carbons (Fsp3) is 0.0714. The molecule has 2 rings (SSSR count). The summed E-state index contributed by atoms with van der Waals surface area (Å²) in [4.78, 5) is 3.86. The Morgan fingerprint density at radius 2 is 1.52 bits per heavy atom. The second-order valence-electron chi connectivity index (χ2n) is 4.44. The molecule has 5 N–H and O–H groups in total. The summed E-state index contributed by atoms with van der Waals surface area (Å²) in [6, 6.07) is 7.61. The number of benzene rings is 1. The lowest BCUT2D eigenvalue weighted by atomic mass is 10.2. The Morgan fingerprint density at radius 1 is 0.913 bits per heavy atom. The molecule has 23 heavy (non-hydrogen) atoms. The maximum absolute atomic E-state index is 12.4. The number of halogens is 3. The molecule has 0 fully saturated rings. The molecule has 0 saturated carbocycles. The van der Waals surface area contributed by atoms with E-state index in [4.69, 9.17) is 10.8 Å². The van der Waals surface area contributed by atoms with Crippen molar-refractivity contribution in [2.75, 3.05) is 10.6 Å². The van der Waals surface area contributed by atoms with Gasteiger partial charge in [0.1, 0.15) is 0 Å². The van der Waals surface area contributed by atoms with Gasteiger partial charge in [-0.1, -0.05) is 0 Å². The Hall–Kier alpha value is -3.10. The van der Waals surface area contributed by atoms with Crippen molar-refractivity contribution in [1.29, 1.82) is 10.8 Å². The molecule has 0 bridgehead atoms. The molecule has 0 aliphatic rings. The SMILES string of the molecule is N=C(NC(=N)Nc1cccnc1)Nc1ccc(C(F)(F)F)cc1. The highest BCUT2D eigenvalue weighted by Gasteiger charge is 2.29. The maximum atomic E-state index is 12.4. The van der Waals surface area contributed by atoms with E-state index in [1.165, 1.54) is 18.3 Å². The van der Waals surface area contributed by atoms with Gasteiger partial charge in [-0.15, -0.1) is 0 Å². The second kappa shape index (κ2) is 6.77. The molecule has 0 aliphatic heterocycles. The van der Waals surface area contributed by atoms with Crippen molar-refractivity contribution < 1.29 is 13.2 Å². The summed E-state index contributed by atoms with van der Waals surface area (Å²) in [7, 11) is 0. The lowest BCUT2D eigenvalue weighted by molar-refractivity contribution is -0.137. The van der Waals surface area contributed by atoms with E-state index < -0.39 is 11.7 Å². The van der Waals surface area contributed by atoms with Gasteiger partial charge in [-0.05, 0) is 36.4 Å². The van der Waals surface area contributed by atoms with Gasteiger partial charge in [-0.2, -0.15) is 13.2 Å². The molecule has 6 nitrogen and oxygen atoms in total. The smallest absolute Gasteiger partial charge is 0.326 e. The molecule has 0 aliphatic carbocycles. The lowest BCUT2D eigenvalue weighted by Crippen LogP contribution is -2.38. The third-order valence-electron chi connectivity index (χ3n) is 2.66. The third kappa shape index (κ3) is 4.99. The van der Waals surface area contributed by atoms with Crippen LogP contribution in [0, 0.1) is 10.8 Å². The monoisotopic (exact) mass is 322 g/mol. The van der Waals surface area contributed by atoms with Gasteiger partial charge < -0.3 is 10.6 Å². The normalized spacial score (nSPS) is 10.7. The molecule has 1 heterocycles. The summed E-state index contributed by atoms with van der Waals surface area (Å²) in [6.07, 6.45) is -1.32. The van der Waals surface area contributed by atoms with E-state index in [9.17, 15) is 13.2 Å². The van der Waals surface area contributed by atoms with E-state index in [0.29, 0.717) is 11.4 Å². The number of hydrogen-bond acceptors (Lipinski definition) is 3. The van der Waals surface area contributed by atoms with Crippen LogP contribution in [0.2, 0.25) is 0 Å². The Kier molecular flexibility index (Phi) is 4.79. The first-order valence-corrected chi connectivity index (χ1v) is 6.40. The Bertz CT molecular complexity index is 682. The zero-order valence-electron chi connectivity index (χ0n) is 11.7. The highest BCUT2D eigenvalue weighted by atomic mass is 19.4. The van der Waals surface area contributed by atoms with Crippen LogP contribution in [0.3, 0.4) is 0 Å². The number of rotatable bonds is 2. The average molecular weight is 322 g/mol. The van der Waals surface area contributed by atoms with E-state index in [-0.39, 0.29) is 11.9 Å². The Labute approximate surface area is 129 Å². The zero-order chi connectivity index (χ0) is 16.9. The van der Waals surface area contributed by atoms with E-state index in [1.807, 2.05) is 0 Å². The summed E-state index contributed by atoms with van der Waals surface area (Å²) in [5, 5.41) is 22.9. The van der Waals surface area contributed by atoms with Crippen molar-refractivity contribution in [2.45, 2.75) is 6.18 Å². The van der Waals surface area contributed by atoms with Gasteiger partial charge in [0.25, 0.3) is 0 Å². The number of guanidine groups is 2. The quantitative estimate of drug-likeness (QED) is 0.433. The average Bonchev–Trinajstić information content (AvgIpc) is 2.47. The molecular formula is C14H13F3N6. The van der Waals surface area contributed by atoms with Gasteiger partial charge in [0, 0.05) is 11.9 Å². The zero-order valence-corrected chi connectivity index (χ0v) is 11.7. The first-order chi connectivity index (χ1) is 10.8. The first-order valence-electron chi connectivity index (χ1n) is 6.40. The number of nitrogens with one attached hydrogen (secondary N) is 5. The lowest BCUT2D eigenvalue weighted by Gasteiger charge is -2.13. The van der Waals surface area contributed by atoms with Crippen LogP contribution in [0.25, 0.3) is 0 Å². The van der Waals surface area contributed by atoms with Crippen LogP contribution in [0.4, 0.5) is 24.5 Å². The van der Waals surface area contributed by atoms with E-state index in [1.54, 1.807) is 18.3 Å². The summed E-state index contributed by atoms with van der Waals surface area (Å²) in [6.45, 7) is 0. The summed E-state index contributed by atoms with van der Waals surface area (Å²) in [5.41, 5.74) is 0.0885. The molecule has 1 aromatic heterocycles. The summed E-state index contributed by atoms with van der Waals surface area (Å²) < 4.78 is 37.3. The van der Waals surface area contributed by atoms with Crippen LogP contribution < -0.4 is 16.0 Å². The Balaban J connectivity index is 1.88. The highest BCUT2D eigenvalue weighted by molar-refractivity contribution is 6.07. The molecule has 1 aromatic carbocycles. The third-order valence-corrected chi connectivity index (χ3v) is 2.66.